The van der Waals surface area contributed by atoms with Crippen molar-refractivity contribution >= 4 is 57.2 Å². The molecule has 0 unspecified atom stereocenters. The molecule has 10 heteroatoms. The number of benzene rings is 2. The van der Waals surface area contributed by atoms with E-state index in [4.69, 9.17) is 23.2 Å². The number of rotatable bonds is 3. The molecule has 2 heterocycles. The average Bonchev–Trinajstić information content (AvgIpc) is 2.67. The fourth-order valence-corrected chi connectivity index (χ4v) is 5.08. The Kier molecular flexibility index (Phi) is 6.64. The predicted molar refractivity (Wildman–Crippen MR) is 117 cm³/mol. The Bertz CT molecular complexity index is 965. The van der Waals surface area contributed by atoms with Crippen molar-refractivity contribution in [2.75, 3.05) is 35.4 Å². The number of anilines is 2. The van der Waals surface area contributed by atoms with Crippen molar-refractivity contribution in [2.45, 2.75) is 13.1 Å². The van der Waals surface area contributed by atoms with Crippen LogP contribution >= 0.6 is 35.6 Å². The maximum absolute atomic E-state index is 12.7. The Morgan fingerprint density at radius 1 is 1.00 bits per heavy atom. The fraction of sp³-hybridized carbons (Fsp3) is 0.333. The molecule has 0 saturated carbocycles. The zero-order valence-electron chi connectivity index (χ0n) is 15.0. The van der Waals surface area contributed by atoms with Gasteiger partial charge in [-0.2, -0.15) is 13.1 Å². The van der Waals surface area contributed by atoms with Crippen LogP contribution in [0.2, 0.25) is 10.0 Å². The van der Waals surface area contributed by atoms with Gasteiger partial charge in [0.2, 0.25) is 0 Å². The largest absolute Gasteiger partial charge is 0.369 e. The van der Waals surface area contributed by atoms with Crippen molar-refractivity contribution < 1.29 is 8.42 Å². The van der Waals surface area contributed by atoms with Gasteiger partial charge < -0.3 is 10.2 Å². The van der Waals surface area contributed by atoms with Gasteiger partial charge in [-0.15, -0.1) is 12.4 Å². The van der Waals surface area contributed by atoms with Crippen molar-refractivity contribution in [1.82, 2.24) is 10.0 Å². The van der Waals surface area contributed by atoms with Crippen LogP contribution in [0.5, 0.6) is 0 Å². The lowest BCUT2D eigenvalue weighted by Gasteiger charge is -2.36. The second-order valence-electron chi connectivity index (χ2n) is 6.59. The van der Waals surface area contributed by atoms with Crippen LogP contribution in [0.1, 0.15) is 11.1 Å². The van der Waals surface area contributed by atoms with Gasteiger partial charge in [0.15, 0.2) is 0 Å². The zero-order chi connectivity index (χ0) is 19.0. The normalized spacial score (nSPS) is 18.4. The van der Waals surface area contributed by atoms with Gasteiger partial charge in [0, 0.05) is 44.0 Å². The third-order valence-electron chi connectivity index (χ3n) is 4.88. The third kappa shape index (κ3) is 4.20. The smallest absolute Gasteiger partial charge is 0.302 e. The lowest BCUT2D eigenvalue weighted by Crippen LogP contribution is -2.47. The van der Waals surface area contributed by atoms with Crippen molar-refractivity contribution in [1.29, 1.82) is 0 Å². The van der Waals surface area contributed by atoms with Gasteiger partial charge in [0.25, 0.3) is 0 Å². The highest BCUT2D eigenvalue weighted by Crippen LogP contribution is 2.36. The van der Waals surface area contributed by atoms with Crippen molar-refractivity contribution in [2.24, 2.45) is 0 Å². The van der Waals surface area contributed by atoms with Crippen molar-refractivity contribution in [3.05, 3.63) is 57.6 Å². The molecule has 28 heavy (non-hydrogen) atoms. The van der Waals surface area contributed by atoms with E-state index in [9.17, 15) is 8.42 Å². The molecule has 2 aliphatic heterocycles. The van der Waals surface area contributed by atoms with E-state index < -0.39 is 10.2 Å². The van der Waals surface area contributed by atoms with E-state index in [1.165, 1.54) is 4.31 Å². The molecule has 0 amide bonds. The van der Waals surface area contributed by atoms with E-state index in [2.05, 4.69) is 21.0 Å². The molecule has 2 aromatic rings. The van der Waals surface area contributed by atoms with E-state index in [0.717, 1.165) is 43.0 Å². The summed E-state index contributed by atoms with van der Waals surface area (Å²) >= 11 is 12.1. The quantitative estimate of drug-likeness (QED) is 0.734. The Labute approximate surface area is 181 Å². The first kappa shape index (κ1) is 21.5. The van der Waals surface area contributed by atoms with Gasteiger partial charge in [0.05, 0.1) is 22.3 Å². The summed E-state index contributed by atoms with van der Waals surface area (Å²) in [6.45, 7) is 4.11. The minimum absolute atomic E-state index is 0. The second kappa shape index (κ2) is 8.65. The first-order chi connectivity index (χ1) is 13.0. The predicted octanol–water partition coefficient (Wildman–Crippen LogP) is 3.18. The van der Waals surface area contributed by atoms with Crippen LogP contribution in [0.15, 0.2) is 36.4 Å². The maximum atomic E-state index is 12.7. The van der Waals surface area contributed by atoms with Crippen LogP contribution in [0.4, 0.5) is 11.4 Å². The highest BCUT2D eigenvalue weighted by Gasteiger charge is 2.32. The summed E-state index contributed by atoms with van der Waals surface area (Å²) < 4.78 is 29.5. The summed E-state index contributed by atoms with van der Waals surface area (Å²) in [5, 5.41) is 4.20. The summed E-state index contributed by atoms with van der Waals surface area (Å²) in [7, 11) is -3.63. The Hall–Kier alpha value is -1.22. The maximum Gasteiger partial charge on any atom is 0.302 e. The molecule has 2 aliphatic rings. The number of hydrogen-bond donors (Lipinski definition) is 2. The fourth-order valence-electron chi connectivity index (χ4n) is 3.52. The molecule has 0 aromatic heterocycles. The minimum atomic E-state index is -3.63. The number of halogens is 3. The molecular weight excluding hydrogens is 443 g/mol. The zero-order valence-corrected chi connectivity index (χ0v) is 18.1. The van der Waals surface area contributed by atoms with Gasteiger partial charge in [-0.3, -0.25) is 4.31 Å². The molecule has 2 aromatic carbocycles. The Morgan fingerprint density at radius 3 is 2.43 bits per heavy atom. The van der Waals surface area contributed by atoms with Crippen LogP contribution in [0.25, 0.3) is 0 Å². The second-order valence-corrected chi connectivity index (χ2v) is 9.09. The molecule has 0 bridgehead atoms. The molecule has 6 nitrogen and oxygen atoms in total. The van der Waals surface area contributed by atoms with E-state index in [-0.39, 0.29) is 25.5 Å². The lowest BCUT2D eigenvalue weighted by atomic mass is 10.1. The van der Waals surface area contributed by atoms with E-state index in [1.807, 2.05) is 12.1 Å². The van der Waals surface area contributed by atoms with Crippen LogP contribution in [0, 0.1) is 0 Å². The molecule has 152 valence electrons. The topological polar surface area (TPSA) is 64.7 Å². The van der Waals surface area contributed by atoms with E-state index >= 15 is 0 Å². The summed E-state index contributed by atoms with van der Waals surface area (Å²) in [5.41, 5.74) is 3.55. The first-order valence-corrected chi connectivity index (χ1v) is 10.9. The lowest BCUT2D eigenvalue weighted by molar-refractivity contribution is 0.568. The number of hydrogen-bond acceptors (Lipinski definition) is 4. The van der Waals surface area contributed by atoms with E-state index in [1.54, 1.807) is 18.2 Å². The Balaban J connectivity index is 0.00000225. The van der Waals surface area contributed by atoms with Crippen LogP contribution in [0.3, 0.4) is 0 Å². The molecule has 0 aliphatic carbocycles. The summed E-state index contributed by atoms with van der Waals surface area (Å²) in [6, 6.07) is 11.0. The van der Waals surface area contributed by atoms with Gasteiger partial charge in [-0.1, -0.05) is 35.3 Å². The van der Waals surface area contributed by atoms with Gasteiger partial charge >= 0.3 is 10.2 Å². The molecule has 4 rings (SSSR count). The van der Waals surface area contributed by atoms with Gasteiger partial charge in [-0.05, 0) is 29.8 Å². The molecule has 0 spiro atoms. The summed E-state index contributed by atoms with van der Waals surface area (Å²) in [4.78, 5) is 2.30. The first-order valence-electron chi connectivity index (χ1n) is 8.74. The van der Waals surface area contributed by atoms with Crippen molar-refractivity contribution in [3.8, 4) is 0 Å². The standard InChI is InChI=1S/C18H20Cl2N4O2S.ClH/c19-15-5-4-13(10-16(15)20)12-24-18-3-1-2-17(23-8-6-21-7-9-23)14(18)11-22-27(24,25)26;/h1-5,10,21-22H,6-9,11-12H2;1H. The minimum Gasteiger partial charge on any atom is -0.369 e. The van der Waals surface area contributed by atoms with Crippen molar-refractivity contribution in [3.63, 3.8) is 0 Å². The average molecular weight is 464 g/mol. The summed E-state index contributed by atoms with van der Waals surface area (Å²) in [6.07, 6.45) is 0. The molecule has 1 fully saturated rings. The molecule has 1 saturated heterocycles. The van der Waals surface area contributed by atoms with Crippen LogP contribution < -0.4 is 19.2 Å². The number of fused-ring (bicyclic) bond motifs is 1. The molecule has 0 radical (unpaired) electrons. The molecule has 2 N–H and O–H groups in total. The van der Waals surface area contributed by atoms with Gasteiger partial charge in [-0.25, -0.2) is 0 Å². The molecular formula is C18H21Cl3N4O2S. The van der Waals surface area contributed by atoms with Crippen LogP contribution in [-0.4, -0.2) is 34.6 Å². The van der Waals surface area contributed by atoms with Gasteiger partial charge in [0.1, 0.15) is 0 Å². The van der Waals surface area contributed by atoms with Crippen LogP contribution in [-0.2, 0) is 23.3 Å². The number of nitrogens with zero attached hydrogens (tertiary/aromatic N) is 2. The third-order valence-corrected chi connectivity index (χ3v) is 7.04. The monoisotopic (exact) mass is 462 g/mol. The summed E-state index contributed by atoms with van der Waals surface area (Å²) in [5.74, 6) is 0. The Morgan fingerprint density at radius 2 is 1.71 bits per heavy atom. The number of piperazine rings is 1. The van der Waals surface area contributed by atoms with E-state index in [0.29, 0.717) is 15.7 Å². The highest BCUT2D eigenvalue weighted by atomic mass is 35.5. The number of nitrogens with one attached hydrogen (secondary N) is 2. The molecule has 0 atom stereocenters. The SMILES string of the molecule is Cl.O=S1(=O)NCc2c(N3CCNCC3)cccc2N1Cc1ccc(Cl)c(Cl)c1. The highest BCUT2D eigenvalue weighted by molar-refractivity contribution is 7.90.